The van der Waals surface area contributed by atoms with Crippen LogP contribution in [0.5, 0.6) is 0 Å². The summed E-state index contributed by atoms with van der Waals surface area (Å²) in [5.41, 5.74) is 1.83. The van der Waals surface area contributed by atoms with E-state index in [9.17, 15) is 8.76 Å². The maximum Gasteiger partial charge on any atom is 0.206 e. The number of H-pyrrole nitrogens is 1. The van der Waals surface area contributed by atoms with E-state index in [2.05, 4.69) is 44.1 Å². The summed E-state index contributed by atoms with van der Waals surface area (Å²) in [6, 6.07) is 3.40. The van der Waals surface area contributed by atoms with Crippen LogP contribution in [0.4, 0.5) is 11.4 Å². The molecule has 0 fully saturated rings. The van der Waals surface area contributed by atoms with Crippen molar-refractivity contribution in [2.45, 2.75) is 39.5 Å². The van der Waals surface area contributed by atoms with Crippen molar-refractivity contribution in [1.29, 1.82) is 0 Å². The van der Waals surface area contributed by atoms with E-state index in [1.54, 1.807) is 12.1 Å². The first-order valence-electron chi connectivity index (χ1n) is 8.25. The van der Waals surface area contributed by atoms with Crippen LogP contribution in [-0.2, 0) is 11.3 Å². The number of tetrazole rings is 1. The van der Waals surface area contributed by atoms with Crippen molar-refractivity contribution in [3.8, 4) is 11.4 Å². The Labute approximate surface area is 154 Å². The average Bonchev–Trinajstić information content (AvgIpc) is 3.11. The molecule has 0 aliphatic heterocycles. The number of hydrogen-bond donors (Lipinski definition) is 2. The quantitative estimate of drug-likeness (QED) is 0.608. The van der Waals surface area contributed by atoms with Gasteiger partial charge in [0.05, 0.1) is 10.7 Å². The molecule has 0 bridgehead atoms. The molecule has 0 radical (unpaired) electrons. The SMILES string of the molecule is CCCCN(CCCC)c1cc(Cl)c(NS(=O)[O-])cc1-c1nn[nH]n1. The summed E-state index contributed by atoms with van der Waals surface area (Å²) in [7, 11) is 0. The van der Waals surface area contributed by atoms with E-state index in [1.807, 2.05) is 0 Å². The number of hydrogen-bond acceptors (Lipinski definition) is 6. The van der Waals surface area contributed by atoms with Crippen molar-refractivity contribution in [1.82, 2.24) is 20.6 Å². The molecule has 2 N–H and O–H groups in total. The van der Waals surface area contributed by atoms with Crippen LogP contribution in [-0.4, -0.2) is 42.5 Å². The number of halogens is 1. The van der Waals surface area contributed by atoms with Crippen molar-refractivity contribution in [2.24, 2.45) is 0 Å². The number of aromatic amines is 1. The van der Waals surface area contributed by atoms with Gasteiger partial charge in [0.1, 0.15) is 0 Å². The van der Waals surface area contributed by atoms with Crippen molar-refractivity contribution >= 4 is 34.2 Å². The minimum absolute atomic E-state index is 0.282. The van der Waals surface area contributed by atoms with Gasteiger partial charge in [-0.25, -0.2) is 0 Å². The highest BCUT2D eigenvalue weighted by Gasteiger charge is 2.18. The van der Waals surface area contributed by atoms with Crippen LogP contribution in [0.2, 0.25) is 5.02 Å². The van der Waals surface area contributed by atoms with E-state index in [1.165, 1.54) is 0 Å². The molecule has 0 aliphatic carbocycles. The number of nitrogens with zero attached hydrogens (tertiary/aromatic N) is 4. The third-order valence-corrected chi connectivity index (χ3v) is 4.47. The van der Waals surface area contributed by atoms with Gasteiger partial charge in [0, 0.05) is 35.6 Å². The van der Waals surface area contributed by atoms with Crippen molar-refractivity contribution in [3.63, 3.8) is 0 Å². The molecule has 1 unspecified atom stereocenters. The topological polar surface area (TPSA) is 110 Å². The summed E-state index contributed by atoms with van der Waals surface area (Å²) < 4.78 is 24.3. The summed E-state index contributed by atoms with van der Waals surface area (Å²) in [4.78, 5) is 2.24. The Hall–Kier alpha value is -1.71. The molecule has 0 spiro atoms. The fraction of sp³-hybridized carbons (Fsp3) is 0.533. The fourth-order valence-corrected chi connectivity index (χ4v) is 3.11. The van der Waals surface area contributed by atoms with Gasteiger partial charge in [0.25, 0.3) is 0 Å². The Morgan fingerprint density at radius 1 is 1.28 bits per heavy atom. The van der Waals surface area contributed by atoms with Gasteiger partial charge in [0.15, 0.2) is 0 Å². The lowest BCUT2D eigenvalue weighted by Gasteiger charge is -2.27. The molecule has 0 saturated heterocycles. The Morgan fingerprint density at radius 3 is 2.48 bits per heavy atom. The van der Waals surface area contributed by atoms with Gasteiger partial charge < -0.3 is 14.2 Å². The molecule has 25 heavy (non-hydrogen) atoms. The number of aromatic nitrogens is 4. The number of anilines is 2. The minimum atomic E-state index is -2.47. The highest BCUT2D eigenvalue weighted by molar-refractivity contribution is 7.80. The molecule has 1 aromatic carbocycles. The van der Waals surface area contributed by atoms with Gasteiger partial charge in [-0.15, -0.1) is 10.2 Å². The molecule has 1 aromatic heterocycles. The van der Waals surface area contributed by atoms with Crippen LogP contribution in [0, 0.1) is 0 Å². The maximum atomic E-state index is 11.0. The number of unbranched alkanes of at least 4 members (excludes halogenated alkanes) is 2. The minimum Gasteiger partial charge on any atom is -0.755 e. The Morgan fingerprint density at radius 2 is 1.96 bits per heavy atom. The van der Waals surface area contributed by atoms with Crippen LogP contribution >= 0.6 is 11.6 Å². The highest BCUT2D eigenvalue weighted by Crippen LogP contribution is 2.37. The van der Waals surface area contributed by atoms with Crippen molar-refractivity contribution < 1.29 is 8.76 Å². The zero-order chi connectivity index (χ0) is 18.2. The molecule has 2 rings (SSSR count). The number of rotatable bonds is 10. The van der Waals surface area contributed by atoms with Crippen molar-refractivity contribution in [3.05, 3.63) is 17.2 Å². The van der Waals surface area contributed by atoms with Crippen LogP contribution in [0.25, 0.3) is 11.4 Å². The standard InChI is InChI=1S/C15H23ClN6O2S/c1-3-5-7-22(8-6-4-2)14-10-12(16)13(19-25(23)24)9-11(14)15-17-20-21-18-15/h9-10,19H,3-8H2,1-2H3,(H,23,24)(H,17,18,20,21)/p-1. The molecule has 0 aliphatic rings. The highest BCUT2D eigenvalue weighted by atomic mass is 35.5. The normalized spacial score (nSPS) is 12.2. The maximum absolute atomic E-state index is 11.0. The predicted molar refractivity (Wildman–Crippen MR) is 99.2 cm³/mol. The molecule has 138 valence electrons. The lowest BCUT2D eigenvalue weighted by Crippen LogP contribution is -2.26. The molecular formula is C15H22ClN6O2S-. The molecule has 1 atom stereocenters. The van der Waals surface area contributed by atoms with Gasteiger partial charge >= 0.3 is 0 Å². The Balaban J connectivity index is 2.49. The molecule has 8 nitrogen and oxygen atoms in total. The van der Waals surface area contributed by atoms with E-state index < -0.39 is 11.3 Å². The largest absolute Gasteiger partial charge is 0.755 e. The van der Waals surface area contributed by atoms with E-state index in [0.29, 0.717) is 16.4 Å². The molecule has 10 heteroatoms. The van der Waals surface area contributed by atoms with Gasteiger partial charge in [0.2, 0.25) is 5.82 Å². The summed E-state index contributed by atoms with van der Waals surface area (Å²) in [5.74, 6) is 0.393. The monoisotopic (exact) mass is 385 g/mol. The van der Waals surface area contributed by atoms with E-state index in [0.717, 1.165) is 44.5 Å². The lowest BCUT2D eigenvalue weighted by molar-refractivity contribution is 0.542. The van der Waals surface area contributed by atoms with Crippen LogP contribution < -0.4 is 9.62 Å². The third-order valence-electron chi connectivity index (χ3n) is 3.77. The Bertz CT molecular complexity index is 690. The zero-order valence-corrected chi connectivity index (χ0v) is 15.9. The first kappa shape index (κ1) is 19.6. The van der Waals surface area contributed by atoms with Crippen LogP contribution in [0.15, 0.2) is 12.1 Å². The van der Waals surface area contributed by atoms with E-state index in [-0.39, 0.29) is 5.69 Å². The van der Waals surface area contributed by atoms with Gasteiger partial charge in [-0.2, -0.15) is 5.21 Å². The molecule has 2 aromatic rings. The van der Waals surface area contributed by atoms with Gasteiger partial charge in [-0.3, -0.25) is 4.21 Å². The molecule has 0 amide bonds. The van der Waals surface area contributed by atoms with Crippen molar-refractivity contribution in [2.75, 3.05) is 22.7 Å². The van der Waals surface area contributed by atoms with E-state index >= 15 is 0 Å². The molecule has 1 heterocycles. The first-order chi connectivity index (χ1) is 12.1. The first-order valence-corrected chi connectivity index (χ1v) is 9.70. The second-order valence-electron chi connectivity index (χ2n) is 5.62. The summed E-state index contributed by atoms with van der Waals surface area (Å²) in [5, 5.41) is 14.4. The predicted octanol–water partition coefficient (Wildman–Crippen LogP) is 3.13. The number of benzene rings is 1. The third kappa shape index (κ3) is 5.38. The molecular weight excluding hydrogens is 364 g/mol. The van der Waals surface area contributed by atoms with Crippen LogP contribution in [0.3, 0.4) is 0 Å². The average molecular weight is 386 g/mol. The zero-order valence-electron chi connectivity index (χ0n) is 14.3. The number of nitrogens with one attached hydrogen (secondary N) is 2. The van der Waals surface area contributed by atoms with Crippen LogP contribution in [0.1, 0.15) is 39.5 Å². The second-order valence-corrected chi connectivity index (χ2v) is 6.70. The fourth-order valence-electron chi connectivity index (χ4n) is 2.50. The summed E-state index contributed by atoms with van der Waals surface area (Å²) in [6.45, 7) is 6.03. The van der Waals surface area contributed by atoms with Gasteiger partial charge in [-0.05, 0) is 30.2 Å². The lowest BCUT2D eigenvalue weighted by atomic mass is 10.1. The van der Waals surface area contributed by atoms with Gasteiger partial charge in [-0.1, -0.05) is 38.3 Å². The Kier molecular flexibility index (Phi) is 7.60. The second kappa shape index (κ2) is 9.69. The summed E-state index contributed by atoms with van der Waals surface area (Å²) >= 11 is 3.82. The van der Waals surface area contributed by atoms with E-state index in [4.69, 9.17) is 11.6 Å². The molecule has 0 saturated carbocycles. The smallest absolute Gasteiger partial charge is 0.206 e. The summed E-state index contributed by atoms with van der Waals surface area (Å²) in [6.07, 6.45) is 4.22.